The molecule has 2 atom stereocenters. The van der Waals surface area contributed by atoms with Crippen molar-refractivity contribution in [1.29, 1.82) is 0 Å². The number of hydrogen-bond donors (Lipinski definition) is 1. The van der Waals surface area contributed by atoms with Gasteiger partial charge in [0.2, 0.25) is 0 Å². The van der Waals surface area contributed by atoms with Crippen molar-refractivity contribution in [2.24, 2.45) is 11.7 Å². The van der Waals surface area contributed by atoms with E-state index in [0.717, 1.165) is 19.0 Å². The molecular formula is C14H25N3S. The lowest BCUT2D eigenvalue weighted by Crippen LogP contribution is -2.49. The van der Waals surface area contributed by atoms with E-state index in [2.05, 4.69) is 30.8 Å². The number of thiazole rings is 1. The molecule has 4 heteroatoms. The number of nitrogens with zero attached hydrogens (tertiary/aromatic N) is 2. The third kappa shape index (κ3) is 2.60. The van der Waals surface area contributed by atoms with E-state index in [0.29, 0.717) is 0 Å². The van der Waals surface area contributed by atoms with Gasteiger partial charge in [0.15, 0.2) is 0 Å². The lowest BCUT2D eigenvalue weighted by Gasteiger charge is -2.38. The van der Waals surface area contributed by atoms with Crippen LogP contribution in [0.4, 0.5) is 0 Å². The molecule has 2 unspecified atom stereocenters. The third-order valence-corrected chi connectivity index (χ3v) is 5.60. The molecule has 3 nitrogen and oxygen atoms in total. The Kier molecular flexibility index (Phi) is 4.41. The second kappa shape index (κ2) is 5.68. The maximum Gasteiger partial charge on any atom is 0.0798 e. The number of likely N-dealkylation sites (N-methyl/N-ethyl adjacent to an activating group) is 1. The first-order valence-electron chi connectivity index (χ1n) is 6.91. The fourth-order valence-corrected chi connectivity index (χ4v) is 3.94. The molecule has 0 amide bonds. The Morgan fingerprint density at radius 1 is 1.61 bits per heavy atom. The fourth-order valence-electron chi connectivity index (χ4n) is 3.11. The first-order valence-corrected chi connectivity index (χ1v) is 7.79. The maximum atomic E-state index is 6.10. The summed E-state index contributed by atoms with van der Waals surface area (Å²) in [6.45, 7) is 6.16. The molecule has 0 bridgehead atoms. The zero-order chi connectivity index (χ0) is 13.2. The van der Waals surface area contributed by atoms with Crippen LogP contribution in [-0.4, -0.2) is 29.0 Å². The maximum absolute atomic E-state index is 6.10. The monoisotopic (exact) mass is 267 g/mol. The molecule has 1 heterocycles. The van der Waals surface area contributed by atoms with Gasteiger partial charge in [0, 0.05) is 23.5 Å². The summed E-state index contributed by atoms with van der Waals surface area (Å²) in [5.41, 5.74) is 9.43. The van der Waals surface area contributed by atoms with Gasteiger partial charge in [-0.15, -0.1) is 11.3 Å². The summed E-state index contributed by atoms with van der Waals surface area (Å²) in [6.07, 6.45) is 5.12. The molecule has 1 aliphatic rings. The highest BCUT2D eigenvalue weighted by Gasteiger charge is 2.40. The van der Waals surface area contributed by atoms with E-state index in [4.69, 9.17) is 5.73 Å². The Hall–Kier alpha value is -0.450. The highest BCUT2D eigenvalue weighted by Crippen LogP contribution is 2.40. The SMILES string of the molecule is CCC1CCC(CN)(N(C)Cc2scnc2C)C1. The highest BCUT2D eigenvalue weighted by atomic mass is 32.1. The second-order valence-corrected chi connectivity index (χ2v) is 6.60. The molecule has 0 spiro atoms. The summed E-state index contributed by atoms with van der Waals surface area (Å²) < 4.78 is 0. The number of aryl methyl sites for hydroxylation is 1. The molecule has 18 heavy (non-hydrogen) atoms. The van der Waals surface area contributed by atoms with Crippen molar-refractivity contribution in [3.63, 3.8) is 0 Å². The van der Waals surface area contributed by atoms with Crippen LogP contribution in [0, 0.1) is 12.8 Å². The quantitative estimate of drug-likeness (QED) is 0.892. The molecule has 2 N–H and O–H groups in total. The summed E-state index contributed by atoms with van der Waals surface area (Å²) in [5.74, 6) is 0.860. The zero-order valence-corrected chi connectivity index (χ0v) is 12.6. The minimum absolute atomic E-state index is 0.219. The summed E-state index contributed by atoms with van der Waals surface area (Å²) in [5, 5.41) is 0. The second-order valence-electron chi connectivity index (χ2n) is 5.66. The molecule has 102 valence electrons. The van der Waals surface area contributed by atoms with Crippen LogP contribution >= 0.6 is 11.3 Å². The van der Waals surface area contributed by atoms with Crippen LogP contribution in [0.3, 0.4) is 0 Å². The van der Waals surface area contributed by atoms with Crippen molar-refractivity contribution in [1.82, 2.24) is 9.88 Å². The number of hydrogen-bond acceptors (Lipinski definition) is 4. The highest BCUT2D eigenvalue weighted by molar-refractivity contribution is 7.09. The predicted octanol–water partition coefficient (Wildman–Crippen LogP) is 2.79. The summed E-state index contributed by atoms with van der Waals surface area (Å²) in [6, 6.07) is 0. The molecule has 1 saturated carbocycles. The Morgan fingerprint density at radius 3 is 2.89 bits per heavy atom. The van der Waals surface area contributed by atoms with E-state index in [1.165, 1.54) is 36.3 Å². The Morgan fingerprint density at radius 2 is 2.39 bits per heavy atom. The van der Waals surface area contributed by atoms with E-state index < -0.39 is 0 Å². The summed E-state index contributed by atoms with van der Waals surface area (Å²) >= 11 is 1.76. The van der Waals surface area contributed by atoms with E-state index >= 15 is 0 Å². The van der Waals surface area contributed by atoms with Gasteiger partial charge in [-0.2, -0.15) is 0 Å². The van der Waals surface area contributed by atoms with Crippen molar-refractivity contribution >= 4 is 11.3 Å². The van der Waals surface area contributed by atoms with Crippen molar-refractivity contribution < 1.29 is 0 Å². The van der Waals surface area contributed by atoms with Gasteiger partial charge in [-0.05, 0) is 39.2 Å². The van der Waals surface area contributed by atoms with Gasteiger partial charge in [0.1, 0.15) is 0 Å². The van der Waals surface area contributed by atoms with E-state index in [9.17, 15) is 0 Å². The Bertz CT molecular complexity index is 390. The molecular weight excluding hydrogens is 242 g/mol. The molecule has 1 fully saturated rings. The van der Waals surface area contributed by atoms with Crippen molar-refractivity contribution in [3.8, 4) is 0 Å². The van der Waals surface area contributed by atoms with Crippen LogP contribution in [-0.2, 0) is 6.54 Å². The summed E-state index contributed by atoms with van der Waals surface area (Å²) in [4.78, 5) is 8.19. The molecule has 0 saturated heterocycles. The molecule has 0 aliphatic heterocycles. The lowest BCUT2D eigenvalue weighted by molar-refractivity contribution is 0.120. The van der Waals surface area contributed by atoms with Crippen LogP contribution in [0.15, 0.2) is 5.51 Å². The van der Waals surface area contributed by atoms with Gasteiger partial charge in [-0.3, -0.25) is 4.90 Å². The largest absolute Gasteiger partial charge is 0.329 e. The molecule has 1 aromatic heterocycles. The zero-order valence-electron chi connectivity index (χ0n) is 11.8. The fraction of sp³-hybridized carbons (Fsp3) is 0.786. The van der Waals surface area contributed by atoms with Crippen LogP contribution in [0.25, 0.3) is 0 Å². The van der Waals surface area contributed by atoms with Crippen LogP contribution in [0.5, 0.6) is 0 Å². The average molecular weight is 267 g/mol. The van der Waals surface area contributed by atoms with E-state index in [1.54, 1.807) is 11.3 Å². The number of aromatic nitrogens is 1. The first kappa shape index (κ1) is 14.0. The van der Waals surface area contributed by atoms with Crippen molar-refractivity contribution in [2.75, 3.05) is 13.6 Å². The van der Waals surface area contributed by atoms with Crippen LogP contribution < -0.4 is 5.73 Å². The summed E-state index contributed by atoms with van der Waals surface area (Å²) in [7, 11) is 2.23. The predicted molar refractivity (Wildman–Crippen MR) is 77.7 cm³/mol. The van der Waals surface area contributed by atoms with Gasteiger partial charge in [-0.1, -0.05) is 13.3 Å². The molecule has 1 aliphatic carbocycles. The molecule has 1 aromatic rings. The standard InChI is InChI=1S/C14H25N3S/c1-4-12-5-6-14(7-12,9-15)17(3)8-13-11(2)16-10-18-13/h10,12H,4-9,15H2,1-3H3. The Labute approximate surface area is 114 Å². The number of rotatable bonds is 5. The van der Waals surface area contributed by atoms with Crippen LogP contribution in [0.1, 0.15) is 43.2 Å². The van der Waals surface area contributed by atoms with E-state index in [-0.39, 0.29) is 5.54 Å². The van der Waals surface area contributed by atoms with Gasteiger partial charge >= 0.3 is 0 Å². The molecule has 0 aromatic carbocycles. The number of nitrogens with two attached hydrogens (primary N) is 1. The van der Waals surface area contributed by atoms with Crippen molar-refractivity contribution in [3.05, 3.63) is 16.1 Å². The van der Waals surface area contributed by atoms with Gasteiger partial charge in [0.25, 0.3) is 0 Å². The topological polar surface area (TPSA) is 42.1 Å². The van der Waals surface area contributed by atoms with Gasteiger partial charge in [-0.25, -0.2) is 4.98 Å². The van der Waals surface area contributed by atoms with Crippen molar-refractivity contribution in [2.45, 2.75) is 51.6 Å². The van der Waals surface area contributed by atoms with Gasteiger partial charge < -0.3 is 5.73 Å². The lowest BCUT2D eigenvalue weighted by atomic mass is 9.93. The van der Waals surface area contributed by atoms with Crippen LogP contribution in [0.2, 0.25) is 0 Å². The van der Waals surface area contributed by atoms with E-state index in [1.807, 2.05) is 5.51 Å². The minimum atomic E-state index is 0.219. The first-order chi connectivity index (χ1) is 8.61. The molecule has 2 rings (SSSR count). The molecule has 0 radical (unpaired) electrons. The third-order valence-electron chi connectivity index (χ3n) is 4.68. The smallest absolute Gasteiger partial charge is 0.0798 e. The van der Waals surface area contributed by atoms with Gasteiger partial charge in [0.05, 0.1) is 11.2 Å². The normalized spacial score (nSPS) is 28.2. The minimum Gasteiger partial charge on any atom is -0.329 e. The average Bonchev–Trinajstić information content (AvgIpc) is 2.97. The Balaban J connectivity index is 2.07.